The quantitative estimate of drug-likeness (QED) is 0.538. The Bertz CT molecular complexity index is 1310. The molecule has 2 aromatic heterocycles. The molecule has 5 rings (SSSR count). The third kappa shape index (κ3) is 3.46. The van der Waals surface area contributed by atoms with Crippen LogP contribution in [0.15, 0.2) is 74.7 Å². The molecule has 30 heavy (non-hydrogen) atoms. The smallest absolute Gasteiger partial charge is 0.257 e. The fourth-order valence-electron chi connectivity index (χ4n) is 3.10. The number of aromatic hydroxyl groups is 1. The second kappa shape index (κ2) is 7.32. The lowest BCUT2D eigenvalue weighted by Crippen LogP contribution is -2.28. The molecule has 4 aromatic rings. The van der Waals surface area contributed by atoms with E-state index in [9.17, 15) is 9.90 Å². The summed E-state index contributed by atoms with van der Waals surface area (Å²) >= 11 is 0. The van der Waals surface area contributed by atoms with E-state index in [2.05, 4.69) is 10.3 Å². The molecule has 0 spiro atoms. The lowest BCUT2D eigenvalue weighted by atomic mass is 10.1. The van der Waals surface area contributed by atoms with Crippen LogP contribution < -0.4 is 20.3 Å². The van der Waals surface area contributed by atoms with Crippen LogP contribution in [-0.2, 0) is 6.54 Å². The maximum atomic E-state index is 12.9. The topological polar surface area (TPSA) is 106 Å². The second-order valence-corrected chi connectivity index (χ2v) is 6.60. The van der Waals surface area contributed by atoms with E-state index in [1.54, 1.807) is 48.7 Å². The number of ether oxygens (including phenoxy) is 2. The van der Waals surface area contributed by atoms with E-state index in [0.717, 1.165) is 0 Å². The molecule has 2 N–H and O–H groups in total. The summed E-state index contributed by atoms with van der Waals surface area (Å²) < 4.78 is 21.8. The monoisotopic (exact) mass is 404 g/mol. The van der Waals surface area contributed by atoms with E-state index < -0.39 is 0 Å². The third-order valence-electron chi connectivity index (χ3n) is 4.57. The summed E-state index contributed by atoms with van der Waals surface area (Å²) in [6.07, 6.45) is 1.54. The molecule has 0 unspecified atom stereocenters. The second-order valence-electron chi connectivity index (χ2n) is 6.60. The van der Waals surface area contributed by atoms with Crippen molar-refractivity contribution in [2.45, 2.75) is 6.54 Å². The van der Waals surface area contributed by atoms with Crippen molar-refractivity contribution in [3.8, 4) is 17.2 Å². The minimum absolute atomic E-state index is 0.0512. The standard InChI is InChI=1S/C22H16N2O6/c25-15-5-3-13-8-17(21(26)23-11-16-2-1-7-27-16)22(30-19(13)10-15)24-14-4-6-18-20(9-14)29-12-28-18/h1-10,25H,11-12H2,(H,23,26). The van der Waals surface area contributed by atoms with Crippen LogP contribution in [-0.4, -0.2) is 17.8 Å². The summed E-state index contributed by atoms with van der Waals surface area (Å²) in [5.41, 5.74) is 1.28. The van der Waals surface area contributed by atoms with Gasteiger partial charge in [0, 0.05) is 17.5 Å². The van der Waals surface area contributed by atoms with Crippen LogP contribution in [0.2, 0.25) is 0 Å². The number of nitrogens with one attached hydrogen (secondary N) is 1. The van der Waals surface area contributed by atoms with Crippen molar-refractivity contribution >= 4 is 22.6 Å². The molecule has 1 amide bonds. The summed E-state index contributed by atoms with van der Waals surface area (Å²) in [6, 6.07) is 15.0. The first-order chi connectivity index (χ1) is 14.7. The van der Waals surface area contributed by atoms with Gasteiger partial charge in [-0.1, -0.05) is 0 Å². The molecule has 1 aliphatic rings. The molecule has 8 heteroatoms. The Morgan fingerprint density at radius 1 is 1.07 bits per heavy atom. The summed E-state index contributed by atoms with van der Waals surface area (Å²) in [6.45, 7) is 0.377. The van der Waals surface area contributed by atoms with Crippen molar-refractivity contribution < 1.29 is 28.2 Å². The van der Waals surface area contributed by atoms with Crippen molar-refractivity contribution in [1.82, 2.24) is 5.32 Å². The average molecular weight is 404 g/mol. The lowest BCUT2D eigenvalue weighted by molar-refractivity contribution is 0.0944. The maximum absolute atomic E-state index is 12.9. The SMILES string of the molecule is O=C(NCc1ccco1)c1cc2ccc(O)cc2oc1=Nc1ccc2c(c1)OCO2. The Balaban J connectivity index is 1.59. The van der Waals surface area contributed by atoms with Gasteiger partial charge in [-0.15, -0.1) is 0 Å². The molecule has 0 saturated heterocycles. The number of phenolic OH excluding ortho intramolecular Hbond substituents is 1. The molecular formula is C22H16N2O6. The number of nitrogens with zero attached hydrogens (tertiary/aromatic N) is 1. The van der Waals surface area contributed by atoms with Crippen LogP contribution in [0.5, 0.6) is 17.2 Å². The van der Waals surface area contributed by atoms with Crippen LogP contribution in [0.1, 0.15) is 16.1 Å². The zero-order valence-corrected chi connectivity index (χ0v) is 15.6. The fraction of sp³-hybridized carbons (Fsp3) is 0.0909. The van der Waals surface area contributed by atoms with Gasteiger partial charge >= 0.3 is 0 Å². The first-order valence-corrected chi connectivity index (χ1v) is 9.17. The highest BCUT2D eigenvalue weighted by Crippen LogP contribution is 2.35. The van der Waals surface area contributed by atoms with Gasteiger partial charge in [0.25, 0.3) is 5.91 Å². The number of carbonyl (C=O) groups is 1. The molecule has 3 heterocycles. The van der Waals surface area contributed by atoms with Gasteiger partial charge in [-0.25, -0.2) is 4.99 Å². The number of amides is 1. The minimum atomic E-state index is -0.371. The van der Waals surface area contributed by atoms with Crippen molar-refractivity contribution in [1.29, 1.82) is 0 Å². The van der Waals surface area contributed by atoms with E-state index in [0.29, 0.717) is 33.9 Å². The van der Waals surface area contributed by atoms with E-state index in [1.807, 2.05) is 0 Å². The molecule has 0 aliphatic carbocycles. The summed E-state index contributed by atoms with van der Waals surface area (Å²) in [5.74, 6) is 1.50. The number of benzene rings is 2. The largest absolute Gasteiger partial charge is 0.508 e. The highest BCUT2D eigenvalue weighted by Gasteiger charge is 2.16. The van der Waals surface area contributed by atoms with Gasteiger partial charge in [-0.05, 0) is 42.5 Å². The van der Waals surface area contributed by atoms with Crippen molar-refractivity contribution in [3.63, 3.8) is 0 Å². The molecule has 0 fully saturated rings. The molecule has 0 bridgehead atoms. The maximum Gasteiger partial charge on any atom is 0.257 e. The number of rotatable bonds is 4. The number of furan rings is 1. The summed E-state index contributed by atoms with van der Waals surface area (Å²) in [7, 11) is 0. The molecule has 150 valence electrons. The Morgan fingerprint density at radius 3 is 2.83 bits per heavy atom. The molecule has 1 aliphatic heterocycles. The molecule has 0 saturated carbocycles. The first kappa shape index (κ1) is 17.9. The van der Waals surface area contributed by atoms with Crippen LogP contribution in [0.4, 0.5) is 5.69 Å². The molecular weight excluding hydrogens is 388 g/mol. The summed E-state index contributed by atoms with van der Waals surface area (Å²) in [5, 5.41) is 13.2. The van der Waals surface area contributed by atoms with Crippen molar-refractivity contribution in [2.24, 2.45) is 4.99 Å². The van der Waals surface area contributed by atoms with Gasteiger partial charge in [-0.3, -0.25) is 4.79 Å². The van der Waals surface area contributed by atoms with Gasteiger partial charge in [-0.2, -0.15) is 0 Å². The van der Waals surface area contributed by atoms with Gasteiger partial charge in [0.15, 0.2) is 11.5 Å². The van der Waals surface area contributed by atoms with E-state index in [4.69, 9.17) is 18.3 Å². The number of hydrogen-bond acceptors (Lipinski definition) is 7. The lowest BCUT2D eigenvalue weighted by Gasteiger charge is -2.06. The zero-order valence-electron chi connectivity index (χ0n) is 15.6. The van der Waals surface area contributed by atoms with Crippen LogP contribution in [0.3, 0.4) is 0 Å². The Hall–Kier alpha value is -4.20. The highest BCUT2D eigenvalue weighted by atomic mass is 16.7. The molecule has 8 nitrogen and oxygen atoms in total. The average Bonchev–Trinajstić information content (AvgIpc) is 3.43. The fourth-order valence-corrected chi connectivity index (χ4v) is 3.10. The summed E-state index contributed by atoms with van der Waals surface area (Å²) in [4.78, 5) is 17.4. The van der Waals surface area contributed by atoms with Crippen molar-refractivity contribution in [3.05, 3.63) is 77.7 Å². The van der Waals surface area contributed by atoms with Gasteiger partial charge in [0.2, 0.25) is 12.3 Å². The predicted molar refractivity (Wildman–Crippen MR) is 106 cm³/mol. The van der Waals surface area contributed by atoms with E-state index in [1.165, 1.54) is 12.1 Å². The number of carbonyl (C=O) groups excluding carboxylic acids is 1. The Labute approximate surface area is 170 Å². The van der Waals surface area contributed by atoms with Crippen LogP contribution in [0, 0.1) is 0 Å². The molecule has 0 radical (unpaired) electrons. The Kier molecular flexibility index (Phi) is 4.36. The zero-order chi connectivity index (χ0) is 20.5. The van der Waals surface area contributed by atoms with Gasteiger partial charge in [0.1, 0.15) is 22.7 Å². The van der Waals surface area contributed by atoms with Crippen LogP contribution in [0.25, 0.3) is 11.0 Å². The minimum Gasteiger partial charge on any atom is -0.508 e. The van der Waals surface area contributed by atoms with Gasteiger partial charge < -0.3 is 28.7 Å². The van der Waals surface area contributed by atoms with Crippen molar-refractivity contribution in [2.75, 3.05) is 6.79 Å². The number of fused-ring (bicyclic) bond motifs is 2. The normalized spacial score (nSPS) is 13.0. The number of phenols is 1. The predicted octanol–water partition coefficient (Wildman–Crippen LogP) is 3.62. The number of hydrogen-bond donors (Lipinski definition) is 2. The first-order valence-electron chi connectivity index (χ1n) is 9.17. The third-order valence-corrected chi connectivity index (χ3v) is 4.57. The highest BCUT2D eigenvalue weighted by molar-refractivity contribution is 5.96. The van der Waals surface area contributed by atoms with E-state index >= 15 is 0 Å². The molecule has 0 atom stereocenters. The van der Waals surface area contributed by atoms with E-state index in [-0.39, 0.29) is 36.1 Å². The van der Waals surface area contributed by atoms with Crippen LogP contribution >= 0.6 is 0 Å². The Morgan fingerprint density at radius 2 is 1.97 bits per heavy atom. The van der Waals surface area contributed by atoms with Gasteiger partial charge in [0.05, 0.1) is 18.5 Å². The molecule has 2 aromatic carbocycles.